The lowest BCUT2D eigenvalue weighted by molar-refractivity contribution is -0.0953. The fourth-order valence-corrected chi connectivity index (χ4v) is 3.64. The van der Waals surface area contributed by atoms with Crippen LogP contribution in [-0.2, 0) is 27.5 Å². The Hall–Kier alpha value is -0.513. The number of rotatable bonds is 17. The lowest BCUT2D eigenvalue weighted by Crippen LogP contribution is -2.48. The second-order valence-corrected chi connectivity index (χ2v) is 7.00. The Balaban J connectivity index is 4.48. The van der Waals surface area contributed by atoms with Crippen LogP contribution < -0.4 is 0 Å². The normalized spacial score (nSPS) is 11.3. The third-order valence-electron chi connectivity index (χ3n) is 2.19. The summed E-state index contributed by atoms with van der Waals surface area (Å²) < 4.78 is 32.6. The first-order chi connectivity index (χ1) is 10.7. The van der Waals surface area contributed by atoms with E-state index in [4.69, 9.17) is 39.1 Å². The Kier molecular flexibility index (Phi) is 15.0. The summed E-state index contributed by atoms with van der Waals surface area (Å²) in [5, 5.41) is 0. The fraction of sp³-hybridized carbons (Fsp3) is 0.571. The molecule has 0 heterocycles. The van der Waals surface area contributed by atoms with Crippen molar-refractivity contribution < 1.29 is 27.5 Å². The van der Waals surface area contributed by atoms with Crippen molar-refractivity contribution in [3.63, 3.8) is 0 Å². The van der Waals surface area contributed by atoms with Gasteiger partial charge in [-0.15, -0.1) is 31.3 Å². The van der Waals surface area contributed by atoms with Gasteiger partial charge in [0.2, 0.25) is 0 Å². The van der Waals surface area contributed by atoms with Crippen LogP contribution in [0.1, 0.15) is 0 Å². The van der Waals surface area contributed by atoms with Crippen LogP contribution in [0.25, 0.3) is 0 Å². The van der Waals surface area contributed by atoms with Gasteiger partial charge in [-0.2, -0.15) is 0 Å². The maximum atomic E-state index is 5.83. The second-order valence-electron chi connectivity index (χ2n) is 3.89. The molecule has 0 aliphatic carbocycles. The summed E-state index contributed by atoms with van der Waals surface area (Å²) in [5.41, 5.74) is 0. The Labute approximate surface area is 138 Å². The van der Waals surface area contributed by atoms with E-state index in [0.717, 1.165) is 0 Å². The van der Waals surface area contributed by atoms with Gasteiger partial charge >= 0.3 is 8.80 Å². The molecule has 0 aromatic carbocycles. The molecule has 0 amide bonds. The molecule has 128 valence electrons. The zero-order valence-electron chi connectivity index (χ0n) is 12.8. The third-order valence-corrected chi connectivity index (χ3v) is 5.24. The summed E-state index contributed by atoms with van der Waals surface area (Å²) >= 11 is 5.83. The predicted molar refractivity (Wildman–Crippen MR) is 87.6 cm³/mol. The first-order valence-corrected chi connectivity index (χ1v) is 9.25. The fourth-order valence-electron chi connectivity index (χ4n) is 1.25. The van der Waals surface area contributed by atoms with Crippen LogP contribution in [0.2, 0.25) is 6.04 Å². The zero-order valence-corrected chi connectivity index (χ0v) is 14.6. The molecule has 0 N–H and O–H groups in total. The van der Waals surface area contributed by atoms with E-state index in [1.807, 2.05) is 0 Å². The topological polar surface area (TPSA) is 55.4 Å². The molecule has 0 saturated carbocycles. The maximum Gasteiger partial charge on any atom is 0.507 e. The molecule has 0 radical (unpaired) electrons. The molecule has 8 heteroatoms. The Morgan fingerprint density at radius 2 is 1.09 bits per heavy atom. The summed E-state index contributed by atoms with van der Waals surface area (Å²) in [7, 11) is -3.06. The quantitative estimate of drug-likeness (QED) is 0.132. The largest absolute Gasteiger partial charge is 0.507 e. The molecular formula is C14H25ClO6Si. The summed E-state index contributed by atoms with van der Waals surface area (Å²) in [6, 6.07) is 0.404. The average Bonchev–Trinajstić information content (AvgIpc) is 2.53. The van der Waals surface area contributed by atoms with Crippen LogP contribution >= 0.6 is 11.6 Å². The monoisotopic (exact) mass is 352 g/mol. The molecule has 0 spiro atoms. The highest BCUT2D eigenvalue weighted by atomic mass is 35.5. The standard InChI is InChI=1S/C14H25ClO6Si/c1-4-8-16-12-19-22(11-7-15,20-13-17-9-5-2)21-14-18-10-6-3/h4-6H,1-3,7-14H2. The number of ether oxygens (including phenoxy) is 3. The maximum absolute atomic E-state index is 5.83. The van der Waals surface area contributed by atoms with Crippen molar-refractivity contribution in [2.24, 2.45) is 0 Å². The number of alkyl halides is 1. The van der Waals surface area contributed by atoms with Gasteiger partial charge < -0.3 is 27.5 Å². The molecule has 0 bridgehead atoms. The molecule has 0 aliphatic heterocycles. The van der Waals surface area contributed by atoms with Crippen LogP contribution in [0.4, 0.5) is 0 Å². The summed E-state index contributed by atoms with van der Waals surface area (Å²) in [6.45, 7) is 11.8. The van der Waals surface area contributed by atoms with Crippen LogP contribution in [0.15, 0.2) is 38.0 Å². The van der Waals surface area contributed by atoms with Gasteiger partial charge in [0.1, 0.15) is 20.4 Å². The van der Waals surface area contributed by atoms with Gasteiger partial charge in [-0.25, -0.2) is 0 Å². The number of hydrogen-bond acceptors (Lipinski definition) is 6. The molecule has 0 fully saturated rings. The van der Waals surface area contributed by atoms with Gasteiger partial charge in [0, 0.05) is 11.9 Å². The molecule has 0 unspecified atom stereocenters. The van der Waals surface area contributed by atoms with E-state index >= 15 is 0 Å². The summed E-state index contributed by atoms with van der Waals surface area (Å²) in [5.74, 6) is 0.316. The van der Waals surface area contributed by atoms with Gasteiger partial charge in [0.05, 0.1) is 19.8 Å². The Morgan fingerprint density at radius 3 is 1.36 bits per heavy atom. The number of hydrogen-bond donors (Lipinski definition) is 0. The average molecular weight is 353 g/mol. The van der Waals surface area contributed by atoms with Crippen molar-refractivity contribution in [2.75, 3.05) is 46.1 Å². The van der Waals surface area contributed by atoms with Gasteiger partial charge in [-0.05, 0) is 0 Å². The van der Waals surface area contributed by atoms with Crippen LogP contribution in [-0.4, -0.2) is 54.9 Å². The molecule has 6 nitrogen and oxygen atoms in total. The highest BCUT2D eigenvalue weighted by molar-refractivity contribution is 6.61. The van der Waals surface area contributed by atoms with Crippen LogP contribution in [0.5, 0.6) is 0 Å². The van der Waals surface area contributed by atoms with E-state index in [2.05, 4.69) is 19.7 Å². The highest BCUT2D eigenvalue weighted by Crippen LogP contribution is 2.17. The highest BCUT2D eigenvalue weighted by Gasteiger charge is 2.41. The van der Waals surface area contributed by atoms with Crippen molar-refractivity contribution in [1.82, 2.24) is 0 Å². The first kappa shape index (κ1) is 21.5. The van der Waals surface area contributed by atoms with Crippen molar-refractivity contribution in [3.05, 3.63) is 38.0 Å². The number of halogens is 1. The Morgan fingerprint density at radius 1 is 0.727 bits per heavy atom. The minimum absolute atomic E-state index is 0.0120. The molecule has 0 aromatic heterocycles. The smallest absolute Gasteiger partial charge is 0.352 e. The molecular weight excluding hydrogens is 328 g/mol. The molecule has 0 aromatic rings. The SMILES string of the molecule is C=CCOCO[Si](CCCl)(OCOCC=C)OCOCC=C. The minimum atomic E-state index is -3.06. The van der Waals surface area contributed by atoms with E-state index in [1.54, 1.807) is 18.2 Å². The molecule has 0 aliphatic rings. The predicted octanol–water partition coefficient (Wildman–Crippen LogP) is 2.69. The first-order valence-electron chi connectivity index (χ1n) is 6.78. The van der Waals surface area contributed by atoms with Crippen molar-refractivity contribution in [2.45, 2.75) is 6.04 Å². The lowest BCUT2D eigenvalue weighted by Gasteiger charge is -2.28. The van der Waals surface area contributed by atoms with E-state index < -0.39 is 8.80 Å². The lowest BCUT2D eigenvalue weighted by atomic mass is 10.7. The second kappa shape index (κ2) is 15.4. The van der Waals surface area contributed by atoms with E-state index in [0.29, 0.717) is 31.7 Å². The third kappa shape index (κ3) is 11.1. The van der Waals surface area contributed by atoms with E-state index in [9.17, 15) is 0 Å². The summed E-state index contributed by atoms with van der Waals surface area (Å²) in [4.78, 5) is 0. The van der Waals surface area contributed by atoms with Crippen LogP contribution in [0.3, 0.4) is 0 Å². The van der Waals surface area contributed by atoms with Crippen LogP contribution in [0, 0.1) is 0 Å². The Bertz CT molecular complexity index is 262. The van der Waals surface area contributed by atoms with Crippen molar-refractivity contribution >= 4 is 20.4 Å². The molecule has 0 atom stereocenters. The van der Waals surface area contributed by atoms with E-state index in [1.165, 1.54) is 0 Å². The summed E-state index contributed by atoms with van der Waals surface area (Å²) in [6.07, 6.45) is 4.86. The molecule has 0 saturated heterocycles. The molecule has 0 rings (SSSR count). The molecule has 22 heavy (non-hydrogen) atoms. The van der Waals surface area contributed by atoms with Crippen molar-refractivity contribution in [3.8, 4) is 0 Å². The van der Waals surface area contributed by atoms with Gasteiger partial charge in [0.15, 0.2) is 0 Å². The van der Waals surface area contributed by atoms with Gasteiger partial charge in [-0.1, -0.05) is 18.2 Å². The van der Waals surface area contributed by atoms with E-state index in [-0.39, 0.29) is 20.4 Å². The van der Waals surface area contributed by atoms with Gasteiger partial charge in [0.25, 0.3) is 0 Å². The minimum Gasteiger partial charge on any atom is -0.352 e. The van der Waals surface area contributed by atoms with Crippen molar-refractivity contribution in [1.29, 1.82) is 0 Å². The van der Waals surface area contributed by atoms with Gasteiger partial charge in [-0.3, -0.25) is 0 Å². The zero-order chi connectivity index (χ0) is 16.5.